The average Bonchev–Trinajstić information content (AvgIpc) is 2.23. The second kappa shape index (κ2) is 4.85. The quantitative estimate of drug-likeness (QED) is 0.626. The minimum Gasteiger partial charge on any atom is -0.0836 e. The number of rotatable bonds is 1. The van der Waals surface area contributed by atoms with Gasteiger partial charge in [0.15, 0.2) is 0 Å². The highest BCUT2D eigenvalue weighted by molar-refractivity contribution is 6.42. The Morgan fingerprint density at radius 3 is 2.19 bits per heavy atom. The normalized spacial score (nSPS) is 10.5. The lowest BCUT2D eigenvalue weighted by atomic mass is 10.1. The largest absolute Gasteiger partial charge is 0.0836 e. The molecule has 0 aliphatic carbocycles. The molecule has 0 spiro atoms. The first kappa shape index (κ1) is 12.1. The lowest BCUT2D eigenvalue weighted by Gasteiger charge is -2.07. The molecule has 2 rings (SSSR count). The van der Waals surface area contributed by atoms with Crippen molar-refractivity contribution in [2.45, 2.75) is 0 Å². The van der Waals surface area contributed by atoms with Crippen molar-refractivity contribution < 1.29 is 0 Å². The van der Waals surface area contributed by atoms with Gasteiger partial charge in [-0.2, -0.15) is 0 Å². The Balaban J connectivity index is 2.63. The van der Waals surface area contributed by atoms with Gasteiger partial charge in [0.2, 0.25) is 0 Å². The van der Waals surface area contributed by atoms with Crippen LogP contribution in [0, 0.1) is 6.07 Å². The summed E-state index contributed by atoms with van der Waals surface area (Å²) in [4.78, 5) is 0. The average molecular weight is 291 g/mol. The predicted molar refractivity (Wildman–Crippen MR) is 70.8 cm³/mol. The molecule has 2 aromatic rings. The third-order valence-corrected chi connectivity index (χ3v) is 3.46. The maximum Gasteiger partial charge on any atom is 0.0598 e. The molecule has 0 aromatic heterocycles. The van der Waals surface area contributed by atoms with Crippen LogP contribution in [0.1, 0.15) is 0 Å². The first-order valence-electron chi connectivity index (χ1n) is 4.40. The Kier molecular flexibility index (Phi) is 3.66. The number of hydrogen-bond acceptors (Lipinski definition) is 0. The van der Waals surface area contributed by atoms with Gasteiger partial charge < -0.3 is 0 Å². The van der Waals surface area contributed by atoms with Crippen LogP contribution >= 0.6 is 46.4 Å². The maximum absolute atomic E-state index is 6.08. The highest BCUT2D eigenvalue weighted by Gasteiger charge is 2.09. The fraction of sp³-hybridized carbons (Fsp3) is 0. The van der Waals surface area contributed by atoms with Crippen LogP contribution in [0.5, 0.6) is 0 Å². The van der Waals surface area contributed by atoms with Gasteiger partial charge in [0, 0.05) is 16.7 Å². The van der Waals surface area contributed by atoms with Gasteiger partial charge in [0.1, 0.15) is 0 Å². The summed E-state index contributed by atoms with van der Waals surface area (Å²) in [5.41, 5.74) is 1.53. The van der Waals surface area contributed by atoms with E-state index in [9.17, 15) is 0 Å². The molecule has 0 atom stereocenters. The van der Waals surface area contributed by atoms with E-state index >= 15 is 0 Å². The van der Waals surface area contributed by atoms with E-state index in [4.69, 9.17) is 46.4 Å². The van der Waals surface area contributed by atoms with Crippen LogP contribution in [0.15, 0.2) is 30.3 Å². The molecular weight excluding hydrogens is 286 g/mol. The van der Waals surface area contributed by atoms with Crippen LogP contribution < -0.4 is 0 Å². The minimum absolute atomic E-state index is 0.464. The van der Waals surface area contributed by atoms with Crippen molar-refractivity contribution in [2.24, 2.45) is 0 Å². The molecule has 0 unspecified atom stereocenters. The van der Waals surface area contributed by atoms with Crippen molar-refractivity contribution >= 4 is 46.4 Å². The molecule has 16 heavy (non-hydrogen) atoms. The summed E-state index contributed by atoms with van der Waals surface area (Å²) < 4.78 is 0. The molecule has 0 nitrogen and oxygen atoms in total. The van der Waals surface area contributed by atoms with Gasteiger partial charge in [-0.1, -0.05) is 58.5 Å². The van der Waals surface area contributed by atoms with Crippen molar-refractivity contribution in [1.82, 2.24) is 0 Å². The second-order valence-corrected chi connectivity index (χ2v) is 4.74. The fourth-order valence-electron chi connectivity index (χ4n) is 1.36. The molecule has 0 amide bonds. The standard InChI is InChI=1S/C12H5Cl4/c13-8-5-4-7(6-11(8)16)12-9(14)2-1-3-10(12)15/h1-2,4-6H. The van der Waals surface area contributed by atoms with E-state index in [0.29, 0.717) is 25.7 Å². The summed E-state index contributed by atoms with van der Waals surface area (Å²) >= 11 is 23.9. The van der Waals surface area contributed by atoms with Gasteiger partial charge in [-0.25, -0.2) is 0 Å². The summed E-state index contributed by atoms with van der Waals surface area (Å²) in [5, 5.41) is 1.99. The Morgan fingerprint density at radius 1 is 0.812 bits per heavy atom. The van der Waals surface area contributed by atoms with E-state index in [1.807, 2.05) is 6.07 Å². The summed E-state index contributed by atoms with van der Waals surface area (Å²) in [6.07, 6.45) is 0. The number of hydrogen-bond donors (Lipinski definition) is 0. The summed E-state index contributed by atoms with van der Waals surface area (Å²) in [6.45, 7) is 0. The summed E-state index contributed by atoms with van der Waals surface area (Å²) in [5.74, 6) is 0. The van der Waals surface area contributed by atoms with Crippen molar-refractivity contribution in [1.29, 1.82) is 0 Å². The van der Waals surface area contributed by atoms with Gasteiger partial charge >= 0.3 is 0 Å². The molecule has 0 N–H and O–H groups in total. The van der Waals surface area contributed by atoms with Gasteiger partial charge in [0.25, 0.3) is 0 Å². The minimum atomic E-state index is 0.464. The van der Waals surface area contributed by atoms with Gasteiger partial charge in [-0.3, -0.25) is 0 Å². The second-order valence-electron chi connectivity index (χ2n) is 3.14. The van der Waals surface area contributed by atoms with E-state index < -0.39 is 0 Å². The monoisotopic (exact) mass is 289 g/mol. The molecule has 0 aliphatic heterocycles. The van der Waals surface area contributed by atoms with Crippen molar-refractivity contribution in [3.8, 4) is 11.1 Å². The Hall–Kier alpha value is -0.400. The van der Waals surface area contributed by atoms with E-state index in [2.05, 4.69) is 6.07 Å². The number of halogens is 4. The molecule has 0 saturated carbocycles. The number of benzene rings is 2. The van der Waals surface area contributed by atoms with Crippen molar-refractivity contribution in [3.63, 3.8) is 0 Å². The lowest BCUT2D eigenvalue weighted by molar-refractivity contribution is 1.61. The van der Waals surface area contributed by atoms with Gasteiger partial charge in [-0.05, 0) is 23.8 Å². The van der Waals surface area contributed by atoms with Crippen molar-refractivity contribution in [3.05, 3.63) is 56.5 Å². The Labute approximate surface area is 114 Å². The molecule has 0 fully saturated rings. The molecule has 0 saturated heterocycles. The molecule has 4 heteroatoms. The SMILES string of the molecule is Clc1[c]ccc(Cl)c1-c1ccc(Cl)c(Cl)c1. The zero-order valence-electron chi connectivity index (χ0n) is 7.90. The summed E-state index contributed by atoms with van der Waals surface area (Å²) in [7, 11) is 0. The van der Waals surface area contributed by atoms with Crippen LogP contribution in [0.4, 0.5) is 0 Å². The van der Waals surface area contributed by atoms with Crippen molar-refractivity contribution in [2.75, 3.05) is 0 Å². The predicted octanol–water partition coefficient (Wildman–Crippen LogP) is 5.77. The first-order chi connectivity index (χ1) is 7.59. The van der Waals surface area contributed by atoms with Gasteiger partial charge in [0.05, 0.1) is 15.1 Å². The topological polar surface area (TPSA) is 0 Å². The fourth-order valence-corrected chi connectivity index (χ4v) is 2.25. The molecule has 0 heterocycles. The first-order valence-corrected chi connectivity index (χ1v) is 5.92. The molecule has 0 aliphatic rings. The van der Waals surface area contributed by atoms with Crippen LogP contribution in [-0.2, 0) is 0 Å². The molecule has 0 bridgehead atoms. The third-order valence-electron chi connectivity index (χ3n) is 2.11. The van der Waals surface area contributed by atoms with Gasteiger partial charge in [-0.15, -0.1) is 0 Å². The van der Waals surface area contributed by atoms with Crippen LogP contribution in [-0.4, -0.2) is 0 Å². The van der Waals surface area contributed by atoms with E-state index in [0.717, 1.165) is 5.56 Å². The zero-order chi connectivity index (χ0) is 11.7. The highest BCUT2D eigenvalue weighted by atomic mass is 35.5. The molecule has 1 radical (unpaired) electrons. The van der Waals surface area contributed by atoms with E-state index in [1.165, 1.54) is 0 Å². The maximum atomic E-state index is 6.08. The third kappa shape index (κ3) is 2.31. The summed E-state index contributed by atoms with van der Waals surface area (Å²) in [6, 6.07) is 11.5. The van der Waals surface area contributed by atoms with E-state index in [-0.39, 0.29) is 0 Å². The highest BCUT2D eigenvalue weighted by Crippen LogP contribution is 2.36. The lowest BCUT2D eigenvalue weighted by Crippen LogP contribution is -1.82. The Morgan fingerprint density at radius 2 is 1.56 bits per heavy atom. The van der Waals surface area contributed by atoms with Crippen LogP contribution in [0.3, 0.4) is 0 Å². The molecule has 81 valence electrons. The Bertz CT molecular complexity index is 514. The zero-order valence-corrected chi connectivity index (χ0v) is 10.9. The molecule has 2 aromatic carbocycles. The molecular formula is C12H5Cl4. The smallest absolute Gasteiger partial charge is 0.0598 e. The van der Waals surface area contributed by atoms with Crippen LogP contribution in [0.2, 0.25) is 20.1 Å². The van der Waals surface area contributed by atoms with E-state index in [1.54, 1.807) is 24.3 Å². The van der Waals surface area contributed by atoms with Crippen LogP contribution in [0.25, 0.3) is 11.1 Å².